The monoisotopic (exact) mass is 489 g/mol. The van der Waals surface area contributed by atoms with E-state index in [0.717, 1.165) is 29.8 Å². The first kappa shape index (κ1) is 22.3. The maximum Gasteiger partial charge on any atom is 0.280 e. The number of carbonyl (C=O) groups is 1. The van der Waals surface area contributed by atoms with Crippen LogP contribution in [0.4, 0.5) is 17.2 Å². The second kappa shape index (κ2) is 8.48. The van der Waals surface area contributed by atoms with Crippen molar-refractivity contribution in [3.05, 3.63) is 57.9 Å². The third kappa shape index (κ3) is 3.52. The van der Waals surface area contributed by atoms with Gasteiger partial charge in [0.2, 0.25) is 0 Å². The number of amides is 1. The number of carbonyl (C=O) groups excluding carboxylic acids is 1. The lowest BCUT2D eigenvalue weighted by atomic mass is 9.89. The molecular weight excluding hydrogens is 462 g/mol. The van der Waals surface area contributed by atoms with Crippen LogP contribution in [0.1, 0.15) is 34.6 Å². The van der Waals surface area contributed by atoms with Crippen molar-refractivity contribution >= 4 is 28.7 Å². The number of ether oxygens (including phenoxy) is 1. The molecule has 4 aromatic heterocycles. The second-order valence-electron chi connectivity index (χ2n) is 9.18. The number of hydrogen-bond acceptors (Lipinski definition) is 8. The normalized spacial score (nSPS) is 18.5. The van der Waals surface area contributed by atoms with Crippen molar-refractivity contribution in [2.24, 2.45) is 7.05 Å². The smallest absolute Gasteiger partial charge is 0.280 e. The van der Waals surface area contributed by atoms with Gasteiger partial charge >= 0.3 is 0 Å². The molecule has 0 spiro atoms. The van der Waals surface area contributed by atoms with E-state index < -0.39 is 0 Å². The average molecular weight is 490 g/mol. The van der Waals surface area contributed by atoms with Gasteiger partial charge in [-0.05, 0) is 38.3 Å². The zero-order chi connectivity index (χ0) is 25.0. The molecule has 0 saturated heterocycles. The maximum absolute atomic E-state index is 13.3. The molecule has 1 aliphatic carbocycles. The zero-order valence-corrected chi connectivity index (χ0v) is 20.3. The highest BCUT2D eigenvalue weighted by Crippen LogP contribution is 2.33. The fraction of sp³-hybridized carbons (Fsp3) is 0.375. The minimum absolute atomic E-state index is 0.0207. The third-order valence-corrected chi connectivity index (χ3v) is 7.04. The molecule has 2 aliphatic rings. The van der Waals surface area contributed by atoms with Crippen molar-refractivity contribution in [3.8, 4) is 5.82 Å². The summed E-state index contributed by atoms with van der Waals surface area (Å²) >= 11 is 0. The maximum atomic E-state index is 13.3. The van der Waals surface area contributed by atoms with E-state index in [1.165, 1.54) is 15.3 Å². The van der Waals surface area contributed by atoms with Gasteiger partial charge in [-0.2, -0.15) is 5.10 Å². The molecule has 3 N–H and O–H groups in total. The van der Waals surface area contributed by atoms with Gasteiger partial charge in [-0.25, -0.2) is 9.50 Å². The van der Waals surface area contributed by atoms with Gasteiger partial charge in [-0.15, -0.1) is 5.10 Å². The molecule has 36 heavy (non-hydrogen) atoms. The van der Waals surface area contributed by atoms with Gasteiger partial charge in [-0.1, -0.05) is 0 Å². The van der Waals surface area contributed by atoms with Crippen molar-refractivity contribution in [1.82, 2.24) is 34.3 Å². The number of rotatable bonds is 6. The molecule has 1 aliphatic heterocycles. The molecule has 186 valence electrons. The quantitative estimate of drug-likeness (QED) is 0.372. The lowest BCUT2D eigenvalue weighted by Gasteiger charge is -2.35. The lowest BCUT2D eigenvalue weighted by molar-refractivity contribution is 0.00718. The van der Waals surface area contributed by atoms with Crippen LogP contribution in [0.15, 0.2) is 35.4 Å². The molecule has 2 atom stereocenters. The van der Waals surface area contributed by atoms with Crippen LogP contribution in [-0.4, -0.2) is 60.7 Å². The SMILES string of the molecule is CO[C@H]1CC[C@H]1NC(=O)c1cnc2c3c(c(Nc4cccn(-c5cc(C)n(C)n5)c4=O)nn12)CCN3. The first-order valence-electron chi connectivity index (χ1n) is 11.9. The first-order chi connectivity index (χ1) is 17.4. The van der Waals surface area contributed by atoms with E-state index in [2.05, 4.69) is 26.0 Å². The number of aromatic nitrogens is 6. The molecule has 1 fully saturated rings. The number of fused-ring (bicyclic) bond motifs is 3. The molecule has 1 amide bonds. The summed E-state index contributed by atoms with van der Waals surface area (Å²) in [5.41, 5.74) is 3.66. The van der Waals surface area contributed by atoms with E-state index in [-0.39, 0.29) is 23.6 Å². The van der Waals surface area contributed by atoms with Crippen molar-refractivity contribution in [2.75, 3.05) is 24.3 Å². The fourth-order valence-corrected chi connectivity index (χ4v) is 4.74. The standard InChI is InChI=1S/C24H27N9O3/c1-13-11-19(29-31(13)2)32-10-4-5-16(24(32)35)27-21-14-8-9-25-20(14)22-26-12-17(33(22)30-21)23(34)28-15-6-7-18(15)36-3/h4-5,10-12,15,18,25H,6-9H2,1-3H3,(H,27,30)(H,28,34)/t15-,18+/m1/s1. The Balaban J connectivity index is 1.38. The van der Waals surface area contributed by atoms with Gasteiger partial charge in [0.05, 0.1) is 24.0 Å². The Labute approximate surface area is 206 Å². The minimum Gasteiger partial charge on any atom is -0.381 e. The van der Waals surface area contributed by atoms with Gasteiger partial charge < -0.3 is 20.7 Å². The van der Waals surface area contributed by atoms with Crippen LogP contribution in [0.25, 0.3) is 11.5 Å². The van der Waals surface area contributed by atoms with E-state index in [1.54, 1.807) is 30.1 Å². The first-order valence-corrected chi connectivity index (χ1v) is 11.9. The Bertz CT molecular complexity index is 1530. The average Bonchev–Trinajstić information content (AvgIpc) is 3.57. The molecular formula is C24H27N9O3. The summed E-state index contributed by atoms with van der Waals surface area (Å²) in [6.07, 6.45) is 5.74. The number of hydrogen-bond donors (Lipinski definition) is 3. The summed E-state index contributed by atoms with van der Waals surface area (Å²) < 4.78 is 10.1. The van der Waals surface area contributed by atoms with Crippen LogP contribution >= 0.6 is 0 Å². The van der Waals surface area contributed by atoms with Crippen LogP contribution in [-0.2, 0) is 18.2 Å². The molecule has 1 saturated carbocycles. The molecule has 0 radical (unpaired) electrons. The van der Waals surface area contributed by atoms with E-state index in [9.17, 15) is 9.59 Å². The summed E-state index contributed by atoms with van der Waals surface area (Å²) in [6, 6.07) is 5.31. The van der Waals surface area contributed by atoms with Crippen LogP contribution in [0.3, 0.4) is 0 Å². The summed E-state index contributed by atoms with van der Waals surface area (Å²) in [5, 5.41) is 18.7. The topological polar surface area (TPSA) is 132 Å². The molecule has 6 rings (SSSR count). The summed E-state index contributed by atoms with van der Waals surface area (Å²) in [7, 11) is 3.49. The number of anilines is 3. The van der Waals surface area contributed by atoms with Gasteiger partial charge in [-0.3, -0.25) is 18.8 Å². The highest BCUT2D eigenvalue weighted by Gasteiger charge is 2.33. The van der Waals surface area contributed by atoms with E-state index >= 15 is 0 Å². The number of imidazole rings is 1. The van der Waals surface area contributed by atoms with Gasteiger partial charge in [0.15, 0.2) is 23.0 Å². The van der Waals surface area contributed by atoms with E-state index in [0.29, 0.717) is 41.6 Å². The Morgan fingerprint density at radius 1 is 1.28 bits per heavy atom. The number of nitrogens with one attached hydrogen (secondary N) is 3. The molecule has 0 unspecified atom stereocenters. The zero-order valence-electron chi connectivity index (χ0n) is 20.3. The predicted octanol–water partition coefficient (Wildman–Crippen LogP) is 1.54. The van der Waals surface area contributed by atoms with Crippen LogP contribution < -0.4 is 21.5 Å². The molecule has 0 bridgehead atoms. The van der Waals surface area contributed by atoms with Gasteiger partial charge in [0, 0.05) is 44.2 Å². The van der Waals surface area contributed by atoms with Crippen LogP contribution in [0.2, 0.25) is 0 Å². The van der Waals surface area contributed by atoms with Crippen molar-refractivity contribution in [1.29, 1.82) is 0 Å². The minimum atomic E-state index is -0.266. The Morgan fingerprint density at radius 2 is 2.14 bits per heavy atom. The van der Waals surface area contributed by atoms with Crippen molar-refractivity contribution in [2.45, 2.75) is 38.3 Å². The highest BCUT2D eigenvalue weighted by molar-refractivity contribution is 5.94. The summed E-state index contributed by atoms with van der Waals surface area (Å²) in [6.45, 7) is 2.64. The Kier molecular flexibility index (Phi) is 5.25. The number of nitrogens with zero attached hydrogens (tertiary/aromatic N) is 6. The largest absolute Gasteiger partial charge is 0.381 e. The molecule has 4 aromatic rings. The van der Waals surface area contributed by atoms with Crippen molar-refractivity contribution in [3.63, 3.8) is 0 Å². The van der Waals surface area contributed by atoms with Gasteiger partial charge in [0.25, 0.3) is 11.5 Å². The van der Waals surface area contributed by atoms with Crippen LogP contribution in [0.5, 0.6) is 0 Å². The summed E-state index contributed by atoms with van der Waals surface area (Å²) in [5.74, 6) is 0.774. The highest BCUT2D eigenvalue weighted by atomic mass is 16.5. The Hall–Kier alpha value is -4.19. The summed E-state index contributed by atoms with van der Waals surface area (Å²) in [4.78, 5) is 30.9. The predicted molar refractivity (Wildman–Crippen MR) is 133 cm³/mol. The molecule has 12 nitrogen and oxygen atoms in total. The second-order valence-corrected chi connectivity index (χ2v) is 9.18. The molecule has 5 heterocycles. The lowest BCUT2D eigenvalue weighted by Crippen LogP contribution is -2.51. The van der Waals surface area contributed by atoms with Crippen molar-refractivity contribution < 1.29 is 9.53 Å². The third-order valence-electron chi connectivity index (χ3n) is 7.04. The van der Waals surface area contributed by atoms with Crippen LogP contribution in [0, 0.1) is 6.92 Å². The van der Waals surface area contributed by atoms with E-state index in [4.69, 9.17) is 9.84 Å². The molecule has 0 aromatic carbocycles. The number of aryl methyl sites for hydroxylation is 2. The van der Waals surface area contributed by atoms with E-state index in [1.807, 2.05) is 20.0 Å². The fourth-order valence-electron chi connectivity index (χ4n) is 4.74. The van der Waals surface area contributed by atoms with Gasteiger partial charge in [0.1, 0.15) is 5.69 Å². The molecule has 12 heteroatoms. The number of methoxy groups -OCH3 is 1. The Morgan fingerprint density at radius 3 is 2.86 bits per heavy atom. The number of pyridine rings is 1.